The van der Waals surface area contributed by atoms with E-state index < -0.39 is 5.97 Å². The number of hydrogen-bond donors (Lipinski definition) is 1. The van der Waals surface area contributed by atoms with E-state index in [4.69, 9.17) is 9.47 Å². The van der Waals surface area contributed by atoms with Crippen LogP contribution in [-0.2, 0) is 14.3 Å². The number of halogens is 1. The van der Waals surface area contributed by atoms with Gasteiger partial charge in [0.05, 0.1) is 0 Å². The molecular weight excluding hydrogens is 374 g/mol. The van der Waals surface area contributed by atoms with Crippen molar-refractivity contribution in [1.82, 2.24) is 5.32 Å². The highest BCUT2D eigenvalue weighted by atomic mass is 79.9. The molecule has 0 aromatic heterocycles. The molecule has 6 heteroatoms. The molecule has 0 radical (unpaired) electrons. The van der Waals surface area contributed by atoms with Crippen LogP contribution >= 0.6 is 15.9 Å². The van der Waals surface area contributed by atoms with Crippen molar-refractivity contribution in [3.05, 3.63) is 28.7 Å². The highest BCUT2D eigenvalue weighted by Gasteiger charge is 2.28. The molecule has 1 fully saturated rings. The summed E-state index contributed by atoms with van der Waals surface area (Å²) in [4.78, 5) is 23.6. The summed E-state index contributed by atoms with van der Waals surface area (Å²) in [5.74, 6) is 0.797. The van der Waals surface area contributed by atoms with Crippen molar-refractivity contribution in [1.29, 1.82) is 0 Å². The molecule has 3 unspecified atom stereocenters. The van der Waals surface area contributed by atoms with E-state index in [0.29, 0.717) is 17.6 Å². The van der Waals surface area contributed by atoms with Crippen LogP contribution in [-0.4, -0.2) is 31.1 Å². The van der Waals surface area contributed by atoms with Gasteiger partial charge in [0.25, 0.3) is 5.91 Å². The molecular formula is C18H24BrNO4. The summed E-state index contributed by atoms with van der Waals surface area (Å²) >= 11 is 3.33. The minimum absolute atomic E-state index is 0.165. The maximum absolute atomic E-state index is 12.0. The second-order valence-corrected chi connectivity index (χ2v) is 7.26. The second kappa shape index (κ2) is 9.06. The van der Waals surface area contributed by atoms with Crippen molar-refractivity contribution in [2.45, 2.75) is 39.2 Å². The average Bonchev–Trinajstić information content (AvgIpc) is 2.55. The molecule has 1 aliphatic carbocycles. The summed E-state index contributed by atoms with van der Waals surface area (Å²) in [5, 5.41) is 2.97. The van der Waals surface area contributed by atoms with E-state index in [9.17, 15) is 9.59 Å². The largest absolute Gasteiger partial charge is 0.482 e. The van der Waals surface area contributed by atoms with E-state index in [1.807, 2.05) is 12.1 Å². The first kappa shape index (κ1) is 18.8. The summed E-state index contributed by atoms with van der Waals surface area (Å²) in [6, 6.07) is 7.34. The summed E-state index contributed by atoms with van der Waals surface area (Å²) in [6.45, 7) is 3.88. The molecule has 1 aromatic carbocycles. The summed E-state index contributed by atoms with van der Waals surface area (Å²) in [7, 11) is 0. The van der Waals surface area contributed by atoms with Gasteiger partial charge in [-0.25, -0.2) is 4.79 Å². The van der Waals surface area contributed by atoms with Crippen LogP contribution < -0.4 is 10.1 Å². The third-order valence-electron chi connectivity index (χ3n) is 4.57. The van der Waals surface area contributed by atoms with Crippen molar-refractivity contribution in [3.63, 3.8) is 0 Å². The van der Waals surface area contributed by atoms with Gasteiger partial charge in [0.2, 0.25) is 0 Å². The van der Waals surface area contributed by atoms with Crippen molar-refractivity contribution >= 4 is 27.8 Å². The molecule has 1 saturated carbocycles. The first-order valence-corrected chi connectivity index (χ1v) is 9.08. The number of hydrogen-bond acceptors (Lipinski definition) is 4. The van der Waals surface area contributed by atoms with Gasteiger partial charge < -0.3 is 14.8 Å². The summed E-state index contributed by atoms with van der Waals surface area (Å²) in [5.41, 5.74) is 0. The third-order valence-corrected chi connectivity index (χ3v) is 5.06. The lowest BCUT2D eigenvalue weighted by molar-refractivity contribution is -0.150. The molecule has 3 atom stereocenters. The van der Waals surface area contributed by atoms with E-state index in [1.54, 1.807) is 12.1 Å². The topological polar surface area (TPSA) is 64.6 Å². The van der Waals surface area contributed by atoms with Gasteiger partial charge in [-0.15, -0.1) is 0 Å². The Bertz CT molecular complexity index is 578. The fourth-order valence-electron chi connectivity index (χ4n) is 2.92. The van der Waals surface area contributed by atoms with Gasteiger partial charge in [0.1, 0.15) is 5.75 Å². The number of nitrogens with one attached hydrogen (secondary N) is 1. The molecule has 1 aliphatic rings. The molecule has 0 aliphatic heterocycles. The van der Waals surface area contributed by atoms with Crippen LogP contribution in [0.2, 0.25) is 0 Å². The van der Waals surface area contributed by atoms with Gasteiger partial charge >= 0.3 is 5.97 Å². The van der Waals surface area contributed by atoms with Crippen molar-refractivity contribution in [2.75, 3.05) is 13.2 Å². The van der Waals surface area contributed by atoms with Gasteiger partial charge in [0.15, 0.2) is 13.2 Å². The first-order chi connectivity index (χ1) is 11.5. The first-order valence-electron chi connectivity index (χ1n) is 8.29. The minimum Gasteiger partial charge on any atom is -0.482 e. The van der Waals surface area contributed by atoms with Crippen LogP contribution in [0.25, 0.3) is 0 Å². The summed E-state index contributed by atoms with van der Waals surface area (Å²) in [6.07, 6.45) is 3.31. The molecule has 132 valence electrons. The molecule has 0 bridgehead atoms. The number of benzene rings is 1. The summed E-state index contributed by atoms with van der Waals surface area (Å²) < 4.78 is 11.2. The molecule has 1 N–H and O–H groups in total. The maximum atomic E-state index is 12.0. The monoisotopic (exact) mass is 397 g/mol. The Morgan fingerprint density at radius 2 is 2.04 bits per heavy atom. The Kier molecular flexibility index (Phi) is 7.09. The van der Waals surface area contributed by atoms with Gasteiger partial charge in [-0.1, -0.05) is 48.7 Å². The fourth-order valence-corrected chi connectivity index (χ4v) is 3.30. The van der Waals surface area contributed by atoms with Crippen molar-refractivity contribution in [2.24, 2.45) is 11.8 Å². The van der Waals surface area contributed by atoms with E-state index in [2.05, 4.69) is 35.1 Å². The van der Waals surface area contributed by atoms with Crippen molar-refractivity contribution in [3.8, 4) is 5.75 Å². The number of rotatable bonds is 6. The zero-order chi connectivity index (χ0) is 17.5. The molecule has 0 saturated heterocycles. The number of esters is 1. The molecule has 1 amide bonds. The SMILES string of the molecule is CC1CCCC(NC(=O)COC(=O)COc2cccc(Br)c2)C1C. The molecule has 24 heavy (non-hydrogen) atoms. The Morgan fingerprint density at radius 3 is 2.79 bits per heavy atom. The third kappa shape index (κ3) is 5.82. The number of amides is 1. The average molecular weight is 398 g/mol. The van der Waals surface area contributed by atoms with E-state index in [1.165, 1.54) is 6.42 Å². The molecule has 0 heterocycles. The normalized spacial score (nSPS) is 23.4. The fraction of sp³-hybridized carbons (Fsp3) is 0.556. The molecule has 2 rings (SSSR count). The number of ether oxygens (including phenoxy) is 2. The van der Waals surface area contributed by atoms with Gasteiger partial charge in [-0.05, 0) is 36.5 Å². The lowest BCUT2D eigenvalue weighted by atomic mass is 9.78. The highest BCUT2D eigenvalue weighted by Crippen LogP contribution is 2.29. The van der Waals surface area contributed by atoms with Crippen LogP contribution in [0.3, 0.4) is 0 Å². The van der Waals surface area contributed by atoms with E-state index in [-0.39, 0.29) is 25.2 Å². The van der Waals surface area contributed by atoms with Gasteiger partial charge in [0, 0.05) is 10.5 Å². The predicted octanol–water partition coefficient (Wildman–Crippen LogP) is 3.31. The lowest BCUT2D eigenvalue weighted by Gasteiger charge is -2.34. The van der Waals surface area contributed by atoms with Crippen LogP contribution in [0.5, 0.6) is 5.75 Å². The van der Waals surface area contributed by atoms with Crippen LogP contribution in [0.1, 0.15) is 33.1 Å². The number of carbonyl (C=O) groups excluding carboxylic acids is 2. The Balaban J connectivity index is 1.68. The minimum atomic E-state index is -0.560. The van der Waals surface area contributed by atoms with E-state index in [0.717, 1.165) is 17.3 Å². The second-order valence-electron chi connectivity index (χ2n) is 6.35. The zero-order valence-corrected chi connectivity index (χ0v) is 15.7. The molecule has 0 spiro atoms. The lowest BCUT2D eigenvalue weighted by Crippen LogP contribution is -2.45. The highest BCUT2D eigenvalue weighted by molar-refractivity contribution is 9.10. The Labute approximate surface area is 151 Å². The standard InChI is InChI=1S/C18H24BrNO4/c1-12-5-3-8-16(13(12)2)20-17(21)10-24-18(22)11-23-15-7-4-6-14(19)9-15/h4,6-7,9,12-13,16H,3,5,8,10-11H2,1-2H3,(H,20,21). The van der Waals surface area contributed by atoms with E-state index >= 15 is 0 Å². The van der Waals surface area contributed by atoms with Crippen LogP contribution in [0.4, 0.5) is 0 Å². The Morgan fingerprint density at radius 1 is 1.25 bits per heavy atom. The van der Waals surface area contributed by atoms with Crippen molar-refractivity contribution < 1.29 is 19.1 Å². The van der Waals surface area contributed by atoms with Gasteiger partial charge in [-0.2, -0.15) is 0 Å². The predicted molar refractivity (Wildman–Crippen MR) is 94.7 cm³/mol. The Hall–Kier alpha value is -1.56. The molecule has 5 nitrogen and oxygen atoms in total. The quantitative estimate of drug-likeness (QED) is 0.747. The van der Waals surface area contributed by atoms with Gasteiger partial charge in [-0.3, -0.25) is 4.79 Å². The maximum Gasteiger partial charge on any atom is 0.344 e. The van der Waals surface area contributed by atoms with Crippen LogP contribution in [0, 0.1) is 11.8 Å². The number of carbonyl (C=O) groups is 2. The zero-order valence-electron chi connectivity index (χ0n) is 14.1. The molecule has 1 aromatic rings. The van der Waals surface area contributed by atoms with Crippen LogP contribution in [0.15, 0.2) is 28.7 Å². The smallest absolute Gasteiger partial charge is 0.344 e.